The number of ketones is 1. The Morgan fingerprint density at radius 2 is 2.00 bits per heavy atom. The van der Waals surface area contributed by atoms with Crippen LogP contribution in [0.4, 0.5) is 22.0 Å². The minimum Gasteiger partial charge on any atom is -0.334 e. The summed E-state index contributed by atoms with van der Waals surface area (Å²) in [6.07, 6.45) is -3.86. The third-order valence-electron chi connectivity index (χ3n) is 4.12. The second-order valence-electron chi connectivity index (χ2n) is 6.36. The fourth-order valence-electron chi connectivity index (χ4n) is 2.83. The van der Waals surface area contributed by atoms with Gasteiger partial charge in [0.05, 0.1) is 22.0 Å². The molecule has 3 rings (SSSR count). The van der Waals surface area contributed by atoms with Crippen molar-refractivity contribution in [2.45, 2.75) is 25.6 Å². The topological polar surface area (TPSA) is 56.9 Å². The van der Waals surface area contributed by atoms with Crippen molar-refractivity contribution in [3.63, 3.8) is 0 Å². The van der Waals surface area contributed by atoms with E-state index >= 15 is 0 Å². The quantitative estimate of drug-likeness (QED) is 0.392. The molecule has 3 aromatic rings. The highest BCUT2D eigenvalue weighted by molar-refractivity contribution is 7.14. The number of Topliss-reactive ketones (excluding diaryl/α,β-unsaturated/α-hetero) is 1. The molecule has 0 saturated carbocycles. The van der Waals surface area contributed by atoms with Crippen LogP contribution in [-0.4, -0.2) is 26.3 Å². The summed E-state index contributed by atoms with van der Waals surface area (Å²) < 4.78 is 66.7. The van der Waals surface area contributed by atoms with Gasteiger partial charge < -0.3 is 9.13 Å². The van der Waals surface area contributed by atoms with E-state index in [4.69, 9.17) is 11.6 Å². The summed E-state index contributed by atoms with van der Waals surface area (Å²) in [6, 6.07) is 1.98. The van der Waals surface area contributed by atoms with Crippen LogP contribution in [0.15, 0.2) is 35.5 Å². The Kier molecular flexibility index (Phi) is 6.14. The Labute approximate surface area is 175 Å². The van der Waals surface area contributed by atoms with Crippen LogP contribution in [0.2, 0.25) is 5.02 Å². The first kappa shape index (κ1) is 22.2. The summed E-state index contributed by atoms with van der Waals surface area (Å²) in [5, 5.41) is -0.345. The molecule has 0 bridgehead atoms. The lowest BCUT2D eigenvalue weighted by Gasteiger charge is -2.11. The smallest absolute Gasteiger partial charge is 0.334 e. The van der Waals surface area contributed by atoms with E-state index in [0.717, 1.165) is 10.8 Å². The number of pyridine rings is 1. The van der Waals surface area contributed by atoms with Gasteiger partial charge in [0.25, 0.3) is 12.0 Å². The van der Waals surface area contributed by atoms with Crippen molar-refractivity contribution < 1.29 is 26.7 Å². The molecule has 0 spiro atoms. The lowest BCUT2D eigenvalue weighted by Crippen LogP contribution is -2.26. The van der Waals surface area contributed by atoms with Gasteiger partial charge in [0.15, 0.2) is 5.78 Å². The van der Waals surface area contributed by atoms with Crippen LogP contribution < -0.4 is 5.56 Å². The first-order valence-electron chi connectivity index (χ1n) is 8.36. The molecule has 0 unspecified atom stereocenters. The maximum Gasteiger partial charge on any atom is 0.425 e. The minimum atomic E-state index is -4.65. The van der Waals surface area contributed by atoms with Gasteiger partial charge in [-0.1, -0.05) is 11.6 Å². The van der Waals surface area contributed by atoms with Gasteiger partial charge in [-0.05, 0) is 17.7 Å². The monoisotopic (exact) mass is 465 g/mol. The fraction of sp³-hybridized carbons (Fsp3) is 0.278. The normalized spacial score (nSPS) is 12.0. The molecule has 0 N–H and O–H groups in total. The minimum absolute atomic E-state index is 0.0123. The molecule has 0 amide bonds. The summed E-state index contributed by atoms with van der Waals surface area (Å²) in [6.45, 7) is -0.906. The molecular weight excluding hydrogens is 453 g/mol. The second kappa shape index (κ2) is 8.31. The third-order valence-corrected chi connectivity index (χ3v) is 5.75. The third kappa shape index (κ3) is 4.62. The van der Waals surface area contributed by atoms with Gasteiger partial charge in [-0.3, -0.25) is 9.59 Å². The number of rotatable bonds is 6. The highest BCUT2D eigenvalue weighted by Crippen LogP contribution is 2.39. The number of hydrogen-bond acceptors (Lipinski definition) is 4. The van der Waals surface area contributed by atoms with E-state index in [2.05, 4.69) is 4.98 Å². The average molecular weight is 466 g/mol. The highest BCUT2D eigenvalue weighted by atomic mass is 35.5. The van der Waals surface area contributed by atoms with Gasteiger partial charge in [0, 0.05) is 32.1 Å². The molecule has 0 atom stereocenters. The van der Waals surface area contributed by atoms with E-state index in [1.807, 2.05) is 0 Å². The van der Waals surface area contributed by atoms with Crippen LogP contribution in [0.5, 0.6) is 0 Å². The van der Waals surface area contributed by atoms with Crippen LogP contribution in [0.1, 0.15) is 20.1 Å². The number of thiophene rings is 1. The molecule has 0 aliphatic heterocycles. The zero-order valence-corrected chi connectivity index (χ0v) is 16.8. The van der Waals surface area contributed by atoms with Crippen molar-refractivity contribution in [1.82, 2.24) is 14.1 Å². The van der Waals surface area contributed by atoms with Crippen molar-refractivity contribution in [3.8, 4) is 11.4 Å². The van der Waals surface area contributed by atoms with Crippen molar-refractivity contribution in [2.75, 3.05) is 0 Å². The standard InChI is InChI=1S/C18H13ClF5N3O2S/c1-26-3-2-25-16(26)10-4-9(7-27(17(10)29)8-14(20)21)5-12(28)15-11(19)6-13(30-15)18(22,23)24/h2-4,6-7,14H,5,8H2,1H3. The van der Waals surface area contributed by atoms with Crippen LogP contribution in [0.25, 0.3) is 11.4 Å². The molecule has 0 aliphatic carbocycles. The van der Waals surface area contributed by atoms with Crippen molar-refractivity contribution >= 4 is 28.7 Å². The highest BCUT2D eigenvalue weighted by Gasteiger charge is 2.34. The number of aryl methyl sites for hydroxylation is 1. The maximum atomic E-state index is 12.9. The van der Waals surface area contributed by atoms with E-state index in [1.165, 1.54) is 16.8 Å². The number of alkyl halides is 5. The molecule has 0 saturated heterocycles. The predicted octanol–water partition coefficient (Wildman–Crippen LogP) is 4.67. The summed E-state index contributed by atoms with van der Waals surface area (Å²) >= 11 is 6.00. The summed E-state index contributed by atoms with van der Waals surface area (Å²) in [5.41, 5.74) is -0.577. The molecule has 5 nitrogen and oxygen atoms in total. The number of aromatic nitrogens is 3. The lowest BCUT2D eigenvalue weighted by molar-refractivity contribution is -0.134. The van der Waals surface area contributed by atoms with Crippen molar-refractivity contribution in [1.29, 1.82) is 0 Å². The molecular formula is C18H13ClF5N3O2S. The molecule has 0 aromatic carbocycles. The summed E-state index contributed by atoms with van der Waals surface area (Å²) in [7, 11) is 1.60. The SMILES string of the molecule is Cn1ccnc1-c1cc(CC(=O)c2sc(C(F)(F)F)cc2Cl)cn(CC(F)F)c1=O. The van der Waals surface area contributed by atoms with E-state index < -0.39 is 41.8 Å². The number of hydrogen-bond donors (Lipinski definition) is 0. The fourth-order valence-corrected chi connectivity index (χ4v) is 4.08. The molecule has 0 fully saturated rings. The average Bonchev–Trinajstić information content (AvgIpc) is 3.22. The predicted molar refractivity (Wildman–Crippen MR) is 101 cm³/mol. The Morgan fingerprint density at radius 1 is 1.30 bits per heavy atom. The Bertz CT molecular complexity index is 1150. The van der Waals surface area contributed by atoms with E-state index in [1.54, 1.807) is 13.2 Å². The van der Waals surface area contributed by atoms with Crippen LogP contribution in [-0.2, 0) is 26.2 Å². The maximum absolute atomic E-state index is 12.9. The Balaban J connectivity index is 2.02. The Morgan fingerprint density at radius 3 is 2.53 bits per heavy atom. The van der Waals surface area contributed by atoms with Crippen LogP contribution in [0, 0.1) is 0 Å². The lowest BCUT2D eigenvalue weighted by atomic mass is 10.1. The number of imidazole rings is 1. The molecule has 3 heterocycles. The molecule has 12 heteroatoms. The Hall–Kier alpha value is -2.53. The van der Waals surface area contributed by atoms with Gasteiger partial charge in [-0.15, -0.1) is 11.3 Å². The van der Waals surface area contributed by atoms with E-state index in [9.17, 15) is 31.5 Å². The van der Waals surface area contributed by atoms with Crippen molar-refractivity contribution in [2.24, 2.45) is 7.05 Å². The number of carbonyl (C=O) groups is 1. The molecule has 3 aromatic heterocycles. The zero-order valence-electron chi connectivity index (χ0n) is 15.2. The van der Waals surface area contributed by atoms with E-state index in [-0.39, 0.29) is 38.2 Å². The van der Waals surface area contributed by atoms with Gasteiger partial charge >= 0.3 is 6.18 Å². The van der Waals surface area contributed by atoms with Gasteiger partial charge in [0.2, 0.25) is 0 Å². The van der Waals surface area contributed by atoms with Crippen molar-refractivity contribution in [3.05, 3.63) is 61.4 Å². The molecule has 0 radical (unpaired) electrons. The van der Waals surface area contributed by atoms with Crippen LogP contribution >= 0.6 is 22.9 Å². The van der Waals surface area contributed by atoms with Gasteiger partial charge in [-0.2, -0.15) is 13.2 Å². The molecule has 0 aliphatic rings. The summed E-state index contributed by atoms with van der Waals surface area (Å²) in [5.74, 6) is -0.528. The van der Waals surface area contributed by atoms with E-state index in [0.29, 0.717) is 6.07 Å². The largest absolute Gasteiger partial charge is 0.425 e. The second-order valence-corrected chi connectivity index (χ2v) is 7.82. The number of carbonyl (C=O) groups excluding carboxylic acids is 1. The van der Waals surface area contributed by atoms with Gasteiger partial charge in [-0.25, -0.2) is 13.8 Å². The molecule has 30 heavy (non-hydrogen) atoms. The number of nitrogens with zero attached hydrogens (tertiary/aromatic N) is 3. The first-order chi connectivity index (χ1) is 14.0. The summed E-state index contributed by atoms with van der Waals surface area (Å²) in [4.78, 5) is 27.8. The van der Waals surface area contributed by atoms with Gasteiger partial charge in [0.1, 0.15) is 10.7 Å². The molecule has 160 valence electrons. The first-order valence-corrected chi connectivity index (χ1v) is 9.55. The van der Waals surface area contributed by atoms with Crippen LogP contribution in [0.3, 0.4) is 0 Å². The zero-order chi connectivity index (χ0) is 22.2. The number of halogens is 6.